The van der Waals surface area contributed by atoms with Gasteiger partial charge in [0.15, 0.2) is 0 Å². The van der Waals surface area contributed by atoms with Gasteiger partial charge in [0.1, 0.15) is 17.1 Å². The molecule has 3 rings (SSSR count). The second kappa shape index (κ2) is 6.81. The minimum atomic E-state index is -0.850. The summed E-state index contributed by atoms with van der Waals surface area (Å²) in [5, 5.41) is 9.74. The molecular weight excluding hydrogens is 306 g/mol. The zero-order chi connectivity index (χ0) is 17.2. The fourth-order valence-electron chi connectivity index (χ4n) is 3.48. The Balaban J connectivity index is 1.56. The first kappa shape index (κ1) is 16.8. The van der Waals surface area contributed by atoms with Gasteiger partial charge in [-0.25, -0.2) is 9.78 Å². The number of aromatic nitrogens is 2. The maximum atomic E-state index is 11.9. The molecule has 1 fully saturated rings. The van der Waals surface area contributed by atoms with E-state index in [0.717, 1.165) is 37.6 Å². The molecule has 0 bridgehead atoms. The number of likely N-dealkylation sites (tertiary alicyclic amines) is 1. The molecule has 24 heavy (non-hydrogen) atoms. The highest BCUT2D eigenvalue weighted by Gasteiger charge is 2.42. The van der Waals surface area contributed by atoms with Gasteiger partial charge in [0.05, 0.1) is 6.33 Å². The average molecular weight is 331 g/mol. The Morgan fingerprint density at radius 1 is 1.42 bits per heavy atom. The van der Waals surface area contributed by atoms with Crippen LogP contribution in [0.5, 0.6) is 0 Å². The molecule has 6 nitrogen and oxygen atoms in total. The Kier molecular flexibility index (Phi) is 4.76. The van der Waals surface area contributed by atoms with Crippen LogP contribution in [0.15, 0.2) is 35.3 Å². The zero-order valence-corrected chi connectivity index (χ0v) is 14.3. The lowest BCUT2D eigenvalue weighted by molar-refractivity contribution is -0.150. The molecule has 0 saturated carbocycles. The van der Waals surface area contributed by atoms with Gasteiger partial charge >= 0.3 is 5.97 Å². The summed E-state index contributed by atoms with van der Waals surface area (Å²) in [7, 11) is 0. The molecule has 0 radical (unpaired) electrons. The van der Waals surface area contributed by atoms with E-state index in [-0.39, 0.29) is 0 Å². The lowest BCUT2D eigenvalue weighted by atomic mass is 9.87. The number of imidazole rings is 1. The summed E-state index contributed by atoms with van der Waals surface area (Å²) in [5.41, 5.74) is -0.850. The van der Waals surface area contributed by atoms with Gasteiger partial charge in [-0.05, 0) is 44.9 Å². The highest BCUT2D eigenvalue weighted by atomic mass is 16.4. The number of rotatable bonds is 6. The van der Waals surface area contributed by atoms with Gasteiger partial charge < -0.3 is 19.0 Å². The van der Waals surface area contributed by atoms with Crippen molar-refractivity contribution in [3.8, 4) is 0 Å². The molecular formula is C18H25N3O3. The Labute approximate surface area is 142 Å². The topological polar surface area (TPSA) is 71.5 Å². The summed E-state index contributed by atoms with van der Waals surface area (Å²) < 4.78 is 7.44. The van der Waals surface area contributed by atoms with Crippen LogP contribution in [-0.2, 0) is 10.3 Å². The SMILES string of the molecule is Cc1ccc(C(C)CCN2CCC(C(=O)O)(n3ccnc3)CC2)o1. The van der Waals surface area contributed by atoms with E-state index in [1.54, 1.807) is 23.3 Å². The van der Waals surface area contributed by atoms with Crippen molar-refractivity contribution < 1.29 is 14.3 Å². The number of furan rings is 1. The van der Waals surface area contributed by atoms with Crippen LogP contribution in [0.25, 0.3) is 0 Å². The molecule has 130 valence electrons. The normalized spacial score (nSPS) is 19.2. The van der Waals surface area contributed by atoms with E-state index in [2.05, 4.69) is 16.8 Å². The van der Waals surface area contributed by atoms with E-state index in [1.165, 1.54) is 0 Å². The number of aryl methyl sites for hydroxylation is 1. The van der Waals surface area contributed by atoms with E-state index in [9.17, 15) is 9.90 Å². The van der Waals surface area contributed by atoms with Crippen molar-refractivity contribution in [2.75, 3.05) is 19.6 Å². The number of hydrogen-bond acceptors (Lipinski definition) is 4. The summed E-state index contributed by atoms with van der Waals surface area (Å²) in [6.45, 7) is 6.67. The van der Waals surface area contributed by atoms with Crippen LogP contribution in [-0.4, -0.2) is 45.2 Å². The van der Waals surface area contributed by atoms with Crippen molar-refractivity contribution >= 4 is 5.97 Å². The molecule has 6 heteroatoms. The van der Waals surface area contributed by atoms with Gasteiger partial charge in [-0.3, -0.25) is 0 Å². The number of aliphatic carboxylic acids is 1. The lowest BCUT2D eigenvalue weighted by Gasteiger charge is -2.39. The molecule has 0 amide bonds. The molecule has 0 aliphatic carbocycles. The fourth-order valence-corrected chi connectivity index (χ4v) is 3.48. The average Bonchev–Trinajstić information content (AvgIpc) is 3.24. The molecule has 3 heterocycles. The summed E-state index contributed by atoms with van der Waals surface area (Å²) in [6, 6.07) is 4.05. The van der Waals surface area contributed by atoms with Crippen LogP contribution in [0.1, 0.15) is 43.6 Å². The summed E-state index contributed by atoms with van der Waals surface area (Å²) in [5.74, 6) is 1.59. The number of piperidine rings is 1. The minimum absolute atomic E-state index is 0.374. The summed E-state index contributed by atoms with van der Waals surface area (Å²) in [6.07, 6.45) is 7.23. The van der Waals surface area contributed by atoms with Crippen molar-refractivity contribution in [2.45, 2.75) is 44.6 Å². The number of nitrogens with zero attached hydrogens (tertiary/aromatic N) is 3. The van der Waals surface area contributed by atoms with Crippen molar-refractivity contribution in [1.82, 2.24) is 14.5 Å². The molecule has 0 aromatic carbocycles. The van der Waals surface area contributed by atoms with Crippen LogP contribution in [0.2, 0.25) is 0 Å². The smallest absolute Gasteiger partial charge is 0.330 e. The Hall–Kier alpha value is -2.08. The zero-order valence-electron chi connectivity index (χ0n) is 14.3. The predicted molar refractivity (Wildman–Crippen MR) is 90.0 cm³/mol. The molecule has 1 saturated heterocycles. The molecule has 1 aliphatic rings. The van der Waals surface area contributed by atoms with E-state index < -0.39 is 11.5 Å². The summed E-state index contributed by atoms with van der Waals surface area (Å²) in [4.78, 5) is 18.2. The minimum Gasteiger partial charge on any atom is -0.479 e. The molecule has 1 unspecified atom stereocenters. The quantitative estimate of drug-likeness (QED) is 0.881. The molecule has 2 aromatic rings. The first-order chi connectivity index (χ1) is 11.5. The second-order valence-corrected chi connectivity index (χ2v) is 6.79. The third-order valence-corrected chi connectivity index (χ3v) is 5.21. The van der Waals surface area contributed by atoms with Crippen LogP contribution >= 0.6 is 0 Å². The van der Waals surface area contributed by atoms with Crippen LogP contribution in [0.4, 0.5) is 0 Å². The monoisotopic (exact) mass is 331 g/mol. The fraction of sp³-hybridized carbons (Fsp3) is 0.556. The molecule has 2 aromatic heterocycles. The van der Waals surface area contributed by atoms with Gasteiger partial charge in [-0.2, -0.15) is 0 Å². The summed E-state index contributed by atoms with van der Waals surface area (Å²) >= 11 is 0. The Morgan fingerprint density at radius 3 is 2.71 bits per heavy atom. The van der Waals surface area contributed by atoms with Gasteiger partial charge in [0.25, 0.3) is 0 Å². The van der Waals surface area contributed by atoms with E-state index in [1.807, 2.05) is 19.1 Å². The van der Waals surface area contributed by atoms with Crippen molar-refractivity contribution in [3.05, 3.63) is 42.4 Å². The molecule has 0 spiro atoms. The first-order valence-electron chi connectivity index (χ1n) is 8.52. The van der Waals surface area contributed by atoms with Gasteiger partial charge in [-0.1, -0.05) is 6.92 Å². The molecule has 1 N–H and O–H groups in total. The van der Waals surface area contributed by atoms with Crippen LogP contribution in [0.3, 0.4) is 0 Å². The van der Waals surface area contributed by atoms with Crippen molar-refractivity contribution in [3.63, 3.8) is 0 Å². The standard InChI is InChI=1S/C18H25N3O3/c1-14(16-4-3-15(2)24-16)5-9-20-10-6-18(7-11-20,17(22)23)21-12-8-19-13-21/h3-4,8,12-14H,5-7,9-11H2,1-2H3,(H,22,23). The van der Waals surface area contributed by atoms with Gasteiger partial charge in [-0.15, -0.1) is 0 Å². The number of carbonyl (C=O) groups is 1. The predicted octanol–water partition coefficient (Wildman–Crippen LogP) is 2.85. The number of carboxylic acids is 1. The van der Waals surface area contributed by atoms with Crippen LogP contribution in [0, 0.1) is 6.92 Å². The largest absolute Gasteiger partial charge is 0.479 e. The van der Waals surface area contributed by atoms with E-state index in [4.69, 9.17) is 4.42 Å². The maximum Gasteiger partial charge on any atom is 0.330 e. The molecule has 1 atom stereocenters. The van der Waals surface area contributed by atoms with E-state index in [0.29, 0.717) is 18.8 Å². The third-order valence-electron chi connectivity index (χ3n) is 5.21. The van der Waals surface area contributed by atoms with Gasteiger partial charge in [0, 0.05) is 31.4 Å². The second-order valence-electron chi connectivity index (χ2n) is 6.79. The number of carboxylic acid groups (broad SMARTS) is 1. The lowest BCUT2D eigenvalue weighted by Crippen LogP contribution is -2.50. The molecule has 1 aliphatic heterocycles. The number of hydrogen-bond donors (Lipinski definition) is 1. The first-order valence-corrected chi connectivity index (χ1v) is 8.52. The Bertz CT molecular complexity index is 670. The highest BCUT2D eigenvalue weighted by molar-refractivity contribution is 5.77. The van der Waals surface area contributed by atoms with Crippen molar-refractivity contribution in [2.24, 2.45) is 0 Å². The van der Waals surface area contributed by atoms with E-state index >= 15 is 0 Å². The van der Waals surface area contributed by atoms with Gasteiger partial charge in [0.2, 0.25) is 0 Å². The highest BCUT2D eigenvalue weighted by Crippen LogP contribution is 2.31. The third kappa shape index (κ3) is 3.24. The Morgan fingerprint density at radius 2 is 2.17 bits per heavy atom. The van der Waals surface area contributed by atoms with Crippen molar-refractivity contribution in [1.29, 1.82) is 0 Å². The van der Waals surface area contributed by atoms with Crippen LogP contribution < -0.4 is 0 Å². The maximum absolute atomic E-state index is 11.9.